The molecule has 1 nitrogen and oxygen atoms in total. The zero-order valence-corrected chi connectivity index (χ0v) is 9.35. The maximum absolute atomic E-state index is 13.3. The van der Waals surface area contributed by atoms with Crippen LogP contribution in [0.1, 0.15) is 35.4 Å². The molecule has 0 amide bonds. The van der Waals surface area contributed by atoms with Crippen molar-refractivity contribution >= 4 is 0 Å². The molecule has 1 aromatic carbocycles. The van der Waals surface area contributed by atoms with E-state index < -0.39 is 0 Å². The Balaban J connectivity index is 2.31. The fraction of sp³-hybridized carbons (Fsp3) is 0.538. The molecule has 0 saturated carbocycles. The van der Waals surface area contributed by atoms with Crippen molar-refractivity contribution in [1.82, 2.24) is 0 Å². The minimum Gasteiger partial charge on any atom is -0.381 e. The van der Waals surface area contributed by atoms with Gasteiger partial charge < -0.3 is 4.74 Å². The van der Waals surface area contributed by atoms with Gasteiger partial charge in [-0.05, 0) is 55.4 Å². The van der Waals surface area contributed by atoms with Gasteiger partial charge in [0.25, 0.3) is 0 Å². The van der Waals surface area contributed by atoms with E-state index >= 15 is 0 Å². The third-order valence-corrected chi connectivity index (χ3v) is 3.42. The highest BCUT2D eigenvalue weighted by Gasteiger charge is 2.18. The lowest BCUT2D eigenvalue weighted by Crippen LogP contribution is -2.15. The monoisotopic (exact) mass is 208 g/mol. The molecule has 0 N–H and O–H groups in total. The van der Waals surface area contributed by atoms with Gasteiger partial charge in [0.2, 0.25) is 0 Å². The van der Waals surface area contributed by atoms with Crippen LogP contribution in [0.5, 0.6) is 0 Å². The number of ether oxygens (including phenoxy) is 1. The van der Waals surface area contributed by atoms with Crippen LogP contribution in [0.15, 0.2) is 12.1 Å². The minimum atomic E-state index is -0.0942. The lowest BCUT2D eigenvalue weighted by molar-refractivity contribution is 0.0852. The summed E-state index contributed by atoms with van der Waals surface area (Å²) < 4.78 is 18.6. The van der Waals surface area contributed by atoms with Crippen molar-refractivity contribution in [2.24, 2.45) is 0 Å². The van der Waals surface area contributed by atoms with E-state index in [0.29, 0.717) is 5.92 Å². The van der Waals surface area contributed by atoms with Crippen molar-refractivity contribution in [3.8, 4) is 0 Å². The maximum atomic E-state index is 13.3. The van der Waals surface area contributed by atoms with Gasteiger partial charge in [0.1, 0.15) is 5.82 Å². The molecule has 15 heavy (non-hydrogen) atoms. The van der Waals surface area contributed by atoms with E-state index in [1.165, 1.54) is 5.56 Å². The first-order valence-corrected chi connectivity index (χ1v) is 5.53. The third kappa shape index (κ3) is 2.05. The molecule has 1 aromatic rings. The summed E-state index contributed by atoms with van der Waals surface area (Å²) in [5, 5.41) is 0. The normalized spacial score (nSPS) is 18.1. The minimum absolute atomic E-state index is 0.0942. The van der Waals surface area contributed by atoms with Crippen LogP contribution in [-0.2, 0) is 4.74 Å². The highest BCUT2D eigenvalue weighted by molar-refractivity contribution is 5.36. The molecule has 1 aliphatic rings. The molecule has 0 radical (unpaired) electrons. The summed E-state index contributed by atoms with van der Waals surface area (Å²) in [6.07, 6.45) is 2.12. The number of benzene rings is 1. The first kappa shape index (κ1) is 10.6. The number of hydrogen-bond acceptors (Lipinski definition) is 1. The van der Waals surface area contributed by atoms with E-state index in [1.54, 1.807) is 6.07 Å². The number of hydrogen-bond donors (Lipinski definition) is 0. The molecule has 0 spiro atoms. The standard InChI is InChI=1S/C13H17FO/c1-9-10(2)13(14)4-3-12(9)11-5-7-15-8-6-11/h3-4,11H,5-8H2,1-2H3. The molecule has 1 fully saturated rings. The summed E-state index contributed by atoms with van der Waals surface area (Å²) in [5.74, 6) is 0.460. The third-order valence-electron chi connectivity index (χ3n) is 3.42. The van der Waals surface area contributed by atoms with Crippen molar-refractivity contribution < 1.29 is 9.13 Å². The molecule has 0 aromatic heterocycles. The molecule has 0 bridgehead atoms. The SMILES string of the molecule is Cc1c(F)ccc(C2CCOCC2)c1C. The molecule has 2 heteroatoms. The fourth-order valence-electron chi connectivity index (χ4n) is 2.26. The van der Waals surface area contributed by atoms with Gasteiger partial charge in [0, 0.05) is 13.2 Å². The Labute approximate surface area is 90.3 Å². The maximum Gasteiger partial charge on any atom is 0.126 e. The van der Waals surface area contributed by atoms with Crippen LogP contribution in [0.3, 0.4) is 0 Å². The lowest BCUT2D eigenvalue weighted by atomic mass is 9.87. The van der Waals surface area contributed by atoms with E-state index in [-0.39, 0.29) is 5.82 Å². The van der Waals surface area contributed by atoms with Crippen LogP contribution in [0.4, 0.5) is 4.39 Å². The number of rotatable bonds is 1. The molecule has 1 saturated heterocycles. The largest absolute Gasteiger partial charge is 0.381 e. The fourth-order valence-corrected chi connectivity index (χ4v) is 2.26. The Bertz CT molecular complexity index is 354. The Morgan fingerprint density at radius 1 is 1.13 bits per heavy atom. The van der Waals surface area contributed by atoms with E-state index in [0.717, 1.165) is 37.2 Å². The molecule has 0 atom stereocenters. The van der Waals surface area contributed by atoms with Crippen molar-refractivity contribution in [2.75, 3.05) is 13.2 Å². The van der Waals surface area contributed by atoms with Crippen LogP contribution in [0, 0.1) is 19.7 Å². The Kier molecular flexibility index (Phi) is 3.06. The molecule has 1 heterocycles. The van der Waals surface area contributed by atoms with Gasteiger partial charge in [-0.3, -0.25) is 0 Å². The summed E-state index contributed by atoms with van der Waals surface area (Å²) in [6.45, 7) is 5.54. The second-order valence-electron chi connectivity index (χ2n) is 4.27. The van der Waals surface area contributed by atoms with Gasteiger partial charge in [-0.2, -0.15) is 0 Å². The zero-order valence-electron chi connectivity index (χ0n) is 9.35. The van der Waals surface area contributed by atoms with Crippen LogP contribution in [0.25, 0.3) is 0 Å². The topological polar surface area (TPSA) is 9.23 Å². The smallest absolute Gasteiger partial charge is 0.126 e. The van der Waals surface area contributed by atoms with E-state index in [9.17, 15) is 4.39 Å². The van der Waals surface area contributed by atoms with Crippen LogP contribution in [0.2, 0.25) is 0 Å². The molecule has 0 aliphatic carbocycles. The second-order valence-corrected chi connectivity index (χ2v) is 4.27. The average molecular weight is 208 g/mol. The predicted molar refractivity (Wildman–Crippen MR) is 58.7 cm³/mol. The second kappa shape index (κ2) is 4.31. The van der Waals surface area contributed by atoms with Gasteiger partial charge in [-0.1, -0.05) is 6.07 Å². The van der Waals surface area contributed by atoms with Crippen molar-refractivity contribution in [1.29, 1.82) is 0 Å². The predicted octanol–water partition coefficient (Wildman–Crippen LogP) is 3.34. The summed E-state index contributed by atoms with van der Waals surface area (Å²) in [4.78, 5) is 0. The van der Waals surface area contributed by atoms with Crippen molar-refractivity contribution in [3.05, 3.63) is 34.6 Å². The van der Waals surface area contributed by atoms with Crippen LogP contribution in [-0.4, -0.2) is 13.2 Å². The summed E-state index contributed by atoms with van der Waals surface area (Å²) in [5.41, 5.74) is 3.21. The quantitative estimate of drug-likeness (QED) is 0.687. The van der Waals surface area contributed by atoms with Crippen LogP contribution < -0.4 is 0 Å². The molecule has 82 valence electrons. The first-order valence-electron chi connectivity index (χ1n) is 5.53. The Morgan fingerprint density at radius 2 is 1.80 bits per heavy atom. The number of halogens is 1. The van der Waals surface area contributed by atoms with Gasteiger partial charge in [0.15, 0.2) is 0 Å². The van der Waals surface area contributed by atoms with Gasteiger partial charge in [-0.15, -0.1) is 0 Å². The average Bonchev–Trinajstić information content (AvgIpc) is 2.27. The van der Waals surface area contributed by atoms with Crippen LogP contribution >= 0.6 is 0 Å². The summed E-state index contributed by atoms with van der Waals surface area (Å²) >= 11 is 0. The molecular weight excluding hydrogens is 191 g/mol. The highest BCUT2D eigenvalue weighted by atomic mass is 19.1. The highest BCUT2D eigenvalue weighted by Crippen LogP contribution is 2.31. The van der Waals surface area contributed by atoms with E-state index in [1.807, 2.05) is 19.9 Å². The zero-order chi connectivity index (χ0) is 10.8. The molecular formula is C13H17FO. The van der Waals surface area contributed by atoms with Gasteiger partial charge >= 0.3 is 0 Å². The van der Waals surface area contributed by atoms with E-state index in [2.05, 4.69) is 0 Å². The summed E-state index contributed by atoms with van der Waals surface area (Å²) in [6, 6.07) is 3.53. The Hall–Kier alpha value is -0.890. The van der Waals surface area contributed by atoms with Gasteiger partial charge in [-0.25, -0.2) is 4.39 Å². The molecule has 2 rings (SSSR count). The summed E-state index contributed by atoms with van der Waals surface area (Å²) in [7, 11) is 0. The lowest BCUT2D eigenvalue weighted by Gasteiger charge is -2.24. The van der Waals surface area contributed by atoms with Crippen molar-refractivity contribution in [2.45, 2.75) is 32.6 Å². The van der Waals surface area contributed by atoms with E-state index in [4.69, 9.17) is 4.74 Å². The molecule has 0 unspecified atom stereocenters. The van der Waals surface area contributed by atoms with Gasteiger partial charge in [0.05, 0.1) is 0 Å². The Morgan fingerprint density at radius 3 is 2.47 bits per heavy atom. The van der Waals surface area contributed by atoms with Crippen molar-refractivity contribution in [3.63, 3.8) is 0 Å². The first-order chi connectivity index (χ1) is 7.20. The molecule has 1 aliphatic heterocycles.